The number of benzene rings is 1. The molecule has 12 heteroatoms. The number of carbonyl (C=O) groups is 1. The molecule has 0 aliphatic carbocycles. The van der Waals surface area contributed by atoms with Gasteiger partial charge in [0.2, 0.25) is 5.95 Å². The molecule has 0 radical (unpaired) electrons. The van der Waals surface area contributed by atoms with Gasteiger partial charge in [-0.2, -0.15) is 10.4 Å². The molecule has 3 aromatic rings. The summed E-state index contributed by atoms with van der Waals surface area (Å²) in [5.74, 6) is 5.93. The van der Waals surface area contributed by atoms with Gasteiger partial charge in [-0.1, -0.05) is 18.2 Å². The van der Waals surface area contributed by atoms with Crippen molar-refractivity contribution in [3.05, 3.63) is 65.5 Å². The van der Waals surface area contributed by atoms with Gasteiger partial charge in [-0.15, -0.1) is 0 Å². The summed E-state index contributed by atoms with van der Waals surface area (Å²) in [4.78, 5) is 31.8. The molecule has 0 spiro atoms. The molecule has 204 valence electrons. The summed E-state index contributed by atoms with van der Waals surface area (Å²) in [7, 11) is 0. The lowest BCUT2D eigenvalue weighted by atomic mass is 10.1. The molecule has 0 amide bonds. The van der Waals surface area contributed by atoms with Crippen LogP contribution < -0.4 is 16.1 Å². The molecule has 5 rings (SSSR count). The highest BCUT2D eigenvalue weighted by Crippen LogP contribution is 2.25. The van der Waals surface area contributed by atoms with E-state index in [1.165, 1.54) is 6.21 Å². The molecule has 12 nitrogen and oxygen atoms in total. The number of anilines is 2. The lowest BCUT2D eigenvalue weighted by Crippen LogP contribution is -2.36. The predicted octanol–water partition coefficient (Wildman–Crippen LogP) is 2.60. The highest BCUT2D eigenvalue weighted by Gasteiger charge is 2.31. The number of nitrogens with one attached hydrogen (secondary N) is 1. The fraction of sp³-hybridized carbons (Fsp3) is 0.321. The van der Waals surface area contributed by atoms with E-state index >= 15 is 0 Å². The van der Waals surface area contributed by atoms with Crippen LogP contribution in [-0.2, 0) is 16.1 Å². The van der Waals surface area contributed by atoms with Gasteiger partial charge in [-0.05, 0) is 49.6 Å². The van der Waals surface area contributed by atoms with Crippen LogP contribution in [-0.4, -0.2) is 69.8 Å². The molecule has 2 aliphatic heterocycles. The van der Waals surface area contributed by atoms with Gasteiger partial charge in [0, 0.05) is 18.7 Å². The van der Waals surface area contributed by atoms with Crippen molar-refractivity contribution in [3.8, 4) is 17.3 Å². The third kappa shape index (κ3) is 6.22. The minimum atomic E-state index is -0.843. The number of pyridine rings is 1. The lowest BCUT2D eigenvalue weighted by molar-refractivity contribution is -0.138. The maximum absolute atomic E-state index is 11.6. The Labute approximate surface area is 231 Å². The number of hydrogen-bond acceptors (Lipinski definition) is 11. The Morgan fingerprint density at radius 1 is 1.23 bits per heavy atom. The summed E-state index contributed by atoms with van der Waals surface area (Å²) >= 11 is 0. The second-order valence-electron chi connectivity index (χ2n) is 9.52. The van der Waals surface area contributed by atoms with Crippen molar-refractivity contribution in [2.45, 2.75) is 37.9 Å². The SMILES string of the molecule is N#Cc1cccc(-c2cc(/C(C=NCc3cccc(N4CCC[C@H]4C(=O)O)n3)=N/N)nc(N[C@H]3CCOC3)n2)c1. The topological polar surface area (TPSA) is 175 Å². The molecule has 40 heavy (non-hydrogen) atoms. The van der Waals surface area contributed by atoms with E-state index in [1.54, 1.807) is 24.3 Å². The van der Waals surface area contributed by atoms with Crippen LogP contribution in [0.25, 0.3) is 11.3 Å². The third-order valence-electron chi connectivity index (χ3n) is 6.77. The van der Waals surface area contributed by atoms with E-state index in [4.69, 9.17) is 10.6 Å². The van der Waals surface area contributed by atoms with Crippen molar-refractivity contribution in [3.63, 3.8) is 0 Å². The van der Waals surface area contributed by atoms with Crippen LogP contribution in [0.4, 0.5) is 11.8 Å². The first kappa shape index (κ1) is 26.7. The van der Waals surface area contributed by atoms with Gasteiger partial charge in [0.05, 0.1) is 54.1 Å². The largest absolute Gasteiger partial charge is 0.480 e. The molecule has 2 aliphatic rings. The molecule has 1 aromatic carbocycles. The van der Waals surface area contributed by atoms with Crippen molar-refractivity contribution < 1.29 is 14.6 Å². The highest BCUT2D eigenvalue weighted by molar-refractivity contribution is 6.37. The zero-order chi connectivity index (χ0) is 27.9. The predicted molar refractivity (Wildman–Crippen MR) is 150 cm³/mol. The molecule has 0 bridgehead atoms. The number of nitrogens with zero attached hydrogens (tertiary/aromatic N) is 7. The zero-order valence-corrected chi connectivity index (χ0v) is 21.8. The van der Waals surface area contributed by atoms with Gasteiger partial charge in [0.25, 0.3) is 0 Å². The number of nitriles is 1. The van der Waals surface area contributed by atoms with E-state index in [-0.39, 0.29) is 12.6 Å². The average Bonchev–Trinajstić information content (AvgIpc) is 3.68. The molecule has 4 heterocycles. The minimum Gasteiger partial charge on any atom is -0.480 e. The third-order valence-corrected chi connectivity index (χ3v) is 6.77. The van der Waals surface area contributed by atoms with E-state index in [9.17, 15) is 15.2 Å². The minimum absolute atomic E-state index is 0.0788. The smallest absolute Gasteiger partial charge is 0.326 e. The first-order valence-electron chi connectivity index (χ1n) is 13.0. The number of hydrazone groups is 1. The van der Waals surface area contributed by atoms with Gasteiger partial charge in [-0.25, -0.2) is 19.7 Å². The van der Waals surface area contributed by atoms with E-state index in [2.05, 4.69) is 36.4 Å². The Kier molecular flexibility index (Phi) is 8.22. The summed E-state index contributed by atoms with van der Waals surface area (Å²) < 4.78 is 5.47. The number of carboxylic acids is 1. The van der Waals surface area contributed by atoms with E-state index in [0.29, 0.717) is 66.3 Å². The number of carboxylic acid groups (broad SMARTS) is 1. The van der Waals surface area contributed by atoms with Gasteiger partial charge in [-0.3, -0.25) is 4.99 Å². The number of nitrogens with two attached hydrogens (primary N) is 1. The van der Waals surface area contributed by atoms with Crippen LogP contribution in [0.2, 0.25) is 0 Å². The van der Waals surface area contributed by atoms with Crippen molar-refractivity contribution in [2.75, 3.05) is 30.0 Å². The maximum atomic E-state index is 11.6. The van der Waals surface area contributed by atoms with Crippen LogP contribution in [0.15, 0.2) is 58.6 Å². The number of aliphatic carboxylic acids is 1. The number of aromatic nitrogens is 3. The van der Waals surface area contributed by atoms with Crippen LogP contribution in [0.3, 0.4) is 0 Å². The molecule has 2 saturated heterocycles. The summed E-state index contributed by atoms with van der Waals surface area (Å²) in [6, 6.07) is 16.1. The van der Waals surface area contributed by atoms with Gasteiger partial charge < -0.3 is 25.9 Å². The highest BCUT2D eigenvalue weighted by atomic mass is 16.5. The Hall–Kier alpha value is -4.89. The second kappa shape index (κ2) is 12.3. The van der Waals surface area contributed by atoms with Crippen LogP contribution in [0, 0.1) is 11.3 Å². The Morgan fingerprint density at radius 3 is 2.88 bits per heavy atom. The van der Waals surface area contributed by atoms with E-state index < -0.39 is 12.0 Å². The van der Waals surface area contributed by atoms with Crippen molar-refractivity contribution in [1.82, 2.24) is 15.0 Å². The Morgan fingerprint density at radius 2 is 2.10 bits per heavy atom. The average molecular weight is 540 g/mol. The summed E-state index contributed by atoms with van der Waals surface area (Å²) in [5.41, 5.74) is 3.36. The van der Waals surface area contributed by atoms with Crippen LogP contribution in [0.1, 0.15) is 36.2 Å². The molecule has 0 saturated carbocycles. The number of ether oxygens (including phenoxy) is 1. The van der Waals surface area contributed by atoms with Crippen molar-refractivity contribution in [1.29, 1.82) is 5.26 Å². The standard InChI is InChI=1S/C28H29N9O3/c29-14-18-4-1-5-19(12-18)22-13-23(35-28(34-22)33-21-9-11-40-17-21)24(36-30)16-31-15-20-6-2-8-26(32-20)37-10-3-7-25(37)27(38)39/h1-2,4-6,8,12-13,16,21,25H,3,7,9-11,15,17,30H2,(H,38,39)(H,33,34,35)/b31-16?,36-24+/t21-,25-/m0/s1. The van der Waals surface area contributed by atoms with Crippen molar-refractivity contribution in [2.24, 2.45) is 15.9 Å². The number of aliphatic imine (C=N–C) groups is 1. The fourth-order valence-electron chi connectivity index (χ4n) is 4.77. The zero-order valence-electron chi connectivity index (χ0n) is 21.8. The molecule has 2 fully saturated rings. The summed E-state index contributed by atoms with van der Waals surface area (Å²) in [6.07, 6.45) is 3.78. The maximum Gasteiger partial charge on any atom is 0.326 e. The lowest BCUT2D eigenvalue weighted by Gasteiger charge is -2.22. The number of rotatable bonds is 9. The molecular formula is C28H29N9O3. The summed E-state index contributed by atoms with van der Waals surface area (Å²) in [5, 5.41) is 26.1. The molecule has 0 unspecified atom stereocenters. The molecule has 4 N–H and O–H groups in total. The molecular weight excluding hydrogens is 510 g/mol. The quantitative estimate of drug-likeness (QED) is 0.208. The molecule has 2 atom stereocenters. The van der Waals surface area contributed by atoms with E-state index in [0.717, 1.165) is 18.4 Å². The number of hydrogen-bond donors (Lipinski definition) is 3. The van der Waals surface area contributed by atoms with Gasteiger partial charge >= 0.3 is 5.97 Å². The first-order valence-corrected chi connectivity index (χ1v) is 13.0. The van der Waals surface area contributed by atoms with E-state index in [1.807, 2.05) is 29.2 Å². The second-order valence-corrected chi connectivity index (χ2v) is 9.52. The van der Waals surface area contributed by atoms with Gasteiger partial charge in [0.1, 0.15) is 17.6 Å². The van der Waals surface area contributed by atoms with Crippen LogP contribution >= 0.6 is 0 Å². The fourth-order valence-corrected chi connectivity index (χ4v) is 4.77. The monoisotopic (exact) mass is 539 g/mol. The Bertz CT molecular complexity index is 1480. The van der Waals surface area contributed by atoms with Crippen LogP contribution in [0.5, 0.6) is 0 Å². The van der Waals surface area contributed by atoms with Gasteiger partial charge in [0.15, 0.2) is 0 Å². The first-order chi connectivity index (χ1) is 19.5. The van der Waals surface area contributed by atoms with Crippen molar-refractivity contribution >= 4 is 29.7 Å². The normalized spacial score (nSPS) is 19.2. The summed E-state index contributed by atoms with van der Waals surface area (Å²) in [6.45, 7) is 2.12. The Balaban J connectivity index is 1.38. The molecule has 2 aromatic heterocycles.